The zero-order chi connectivity index (χ0) is 9.68. The molecule has 1 aromatic carbocycles. The summed E-state index contributed by atoms with van der Waals surface area (Å²) in [5, 5.41) is 8.08. The van der Waals surface area contributed by atoms with Crippen LogP contribution < -0.4 is 0 Å². The average Bonchev–Trinajstić information content (AvgIpc) is 2.19. The van der Waals surface area contributed by atoms with E-state index in [9.17, 15) is 4.79 Å². The summed E-state index contributed by atoms with van der Waals surface area (Å²) in [5.41, 5.74) is 1.06. The summed E-state index contributed by atoms with van der Waals surface area (Å²) in [4.78, 5) is 14.3. The van der Waals surface area contributed by atoms with Crippen molar-refractivity contribution in [2.24, 2.45) is 0 Å². The normalized spacial score (nSPS) is 12.2. The topological polar surface area (TPSA) is 46.5 Å². The maximum atomic E-state index is 10.7. The molecular formula is C10H12O3. The molecule has 1 N–H and O–H groups in total. The Bertz CT molecular complexity index is 269. The van der Waals surface area contributed by atoms with Gasteiger partial charge in [0.25, 0.3) is 0 Å². The molecule has 0 heterocycles. The van der Waals surface area contributed by atoms with E-state index in [2.05, 4.69) is 4.89 Å². The fourth-order valence-electron chi connectivity index (χ4n) is 1.19. The average molecular weight is 180 g/mol. The van der Waals surface area contributed by atoms with Gasteiger partial charge in [-0.25, -0.2) is 4.79 Å². The highest BCUT2D eigenvalue weighted by Crippen LogP contribution is 2.18. The van der Waals surface area contributed by atoms with Crippen LogP contribution in [0.1, 0.15) is 24.8 Å². The second-order valence-electron chi connectivity index (χ2n) is 2.98. The minimum absolute atomic E-state index is 0.0702. The van der Waals surface area contributed by atoms with Gasteiger partial charge in [-0.05, 0) is 11.5 Å². The minimum Gasteiger partial charge on any atom is -0.301 e. The van der Waals surface area contributed by atoms with Gasteiger partial charge in [-0.15, -0.1) is 0 Å². The Balaban J connectivity index is 2.59. The molecule has 1 rings (SSSR count). The van der Waals surface area contributed by atoms with Crippen LogP contribution >= 0.6 is 0 Å². The van der Waals surface area contributed by atoms with Crippen molar-refractivity contribution in [2.75, 3.05) is 0 Å². The number of carbonyl (C=O) groups excluding carboxylic acids is 1. The Kier molecular flexibility index (Phi) is 3.46. The van der Waals surface area contributed by atoms with E-state index in [1.54, 1.807) is 0 Å². The van der Waals surface area contributed by atoms with Crippen LogP contribution in [-0.2, 0) is 9.68 Å². The van der Waals surface area contributed by atoms with Crippen molar-refractivity contribution in [2.45, 2.75) is 19.3 Å². The first-order valence-electron chi connectivity index (χ1n) is 4.13. The predicted octanol–water partition coefficient (Wildman–Crippen LogP) is 2.20. The number of carbonyl (C=O) groups is 1. The fourth-order valence-corrected chi connectivity index (χ4v) is 1.19. The van der Waals surface area contributed by atoms with Crippen molar-refractivity contribution in [1.82, 2.24) is 0 Å². The van der Waals surface area contributed by atoms with Gasteiger partial charge in [0.1, 0.15) is 0 Å². The molecule has 0 aliphatic carbocycles. The first kappa shape index (κ1) is 9.74. The number of benzene rings is 1. The lowest BCUT2D eigenvalue weighted by Gasteiger charge is -2.08. The SMILES string of the molecule is C[C@@H](CC(=O)OO)c1ccccc1. The van der Waals surface area contributed by atoms with Gasteiger partial charge in [0.2, 0.25) is 0 Å². The third-order valence-corrected chi connectivity index (χ3v) is 1.94. The van der Waals surface area contributed by atoms with Gasteiger partial charge in [-0.2, -0.15) is 5.26 Å². The highest BCUT2D eigenvalue weighted by Gasteiger charge is 2.11. The Morgan fingerprint density at radius 1 is 1.46 bits per heavy atom. The summed E-state index contributed by atoms with van der Waals surface area (Å²) in [5.74, 6) is -0.530. The second kappa shape index (κ2) is 4.62. The molecule has 70 valence electrons. The third kappa shape index (κ3) is 2.87. The van der Waals surface area contributed by atoms with E-state index in [4.69, 9.17) is 5.26 Å². The van der Waals surface area contributed by atoms with E-state index in [1.165, 1.54) is 0 Å². The van der Waals surface area contributed by atoms with Crippen molar-refractivity contribution in [3.63, 3.8) is 0 Å². The molecule has 0 unspecified atom stereocenters. The Hall–Kier alpha value is -1.35. The maximum absolute atomic E-state index is 10.7. The van der Waals surface area contributed by atoms with Crippen LogP contribution in [0, 0.1) is 0 Å². The molecule has 0 aliphatic heterocycles. The highest BCUT2D eigenvalue weighted by atomic mass is 17.1. The number of rotatable bonds is 3. The van der Waals surface area contributed by atoms with Crippen molar-refractivity contribution >= 4 is 5.97 Å². The van der Waals surface area contributed by atoms with Gasteiger partial charge in [0.15, 0.2) is 0 Å². The minimum atomic E-state index is -0.601. The second-order valence-corrected chi connectivity index (χ2v) is 2.98. The van der Waals surface area contributed by atoms with Gasteiger partial charge in [0, 0.05) is 0 Å². The zero-order valence-electron chi connectivity index (χ0n) is 7.43. The van der Waals surface area contributed by atoms with E-state index in [-0.39, 0.29) is 12.3 Å². The van der Waals surface area contributed by atoms with Gasteiger partial charge in [-0.3, -0.25) is 0 Å². The lowest BCUT2D eigenvalue weighted by atomic mass is 9.98. The molecule has 1 atom stereocenters. The molecule has 0 saturated carbocycles. The number of hydrogen-bond donors (Lipinski definition) is 1. The van der Waals surface area contributed by atoms with Crippen molar-refractivity contribution in [3.8, 4) is 0 Å². The Morgan fingerprint density at radius 2 is 2.08 bits per heavy atom. The van der Waals surface area contributed by atoms with E-state index in [0.29, 0.717) is 0 Å². The molecule has 0 amide bonds. The molecule has 0 saturated heterocycles. The molecule has 0 spiro atoms. The molecule has 3 nitrogen and oxygen atoms in total. The molecular weight excluding hydrogens is 168 g/mol. The van der Waals surface area contributed by atoms with Crippen LogP contribution in [0.4, 0.5) is 0 Å². The smallest absolute Gasteiger partial charge is 0.301 e. The highest BCUT2D eigenvalue weighted by molar-refractivity contribution is 5.69. The fraction of sp³-hybridized carbons (Fsp3) is 0.300. The van der Waals surface area contributed by atoms with Gasteiger partial charge in [0.05, 0.1) is 6.42 Å². The molecule has 0 aromatic heterocycles. The molecule has 0 fully saturated rings. The maximum Gasteiger partial charge on any atom is 0.342 e. The van der Waals surface area contributed by atoms with E-state index < -0.39 is 5.97 Å². The van der Waals surface area contributed by atoms with Crippen LogP contribution in [0.5, 0.6) is 0 Å². The zero-order valence-corrected chi connectivity index (χ0v) is 7.43. The van der Waals surface area contributed by atoms with E-state index in [0.717, 1.165) is 5.56 Å². The van der Waals surface area contributed by atoms with Crippen molar-refractivity contribution in [3.05, 3.63) is 35.9 Å². The van der Waals surface area contributed by atoms with Gasteiger partial charge < -0.3 is 4.89 Å². The monoisotopic (exact) mass is 180 g/mol. The molecule has 0 bridgehead atoms. The lowest BCUT2D eigenvalue weighted by Crippen LogP contribution is -2.06. The largest absolute Gasteiger partial charge is 0.342 e. The third-order valence-electron chi connectivity index (χ3n) is 1.94. The van der Waals surface area contributed by atoms with Crippen LogP contribution in [0.2, 0.25) is 0 Å². The molecule has 3 heteroatoms. The van der Waals surface area contributed by atoms with Crippen molar-refractivity contribution < 1.29 is 14.9 Å². The number of hydrogen-bond acceptors (Lipinski definition) is 3. The Labute approximate surface area is 76.9 Å². The molecule has 0 radical (unpaired) electrons. The first-order valence-corrected chi connectivity index (χ1v) is 4.13. The molecule has 13 heavy (non-hydrogen) atoms. The summed E-state index contributed by atoms with van der Waals surface area (Å²) in [6, 6.07) is 9.62. The lowest BCUT2D eigenvalue weighted by molar-refractivity contribution is -0.234. The van der Waals surface area contributed by atoms with Gasteiger partial charge >= 0.3 is 5.97 Å². The van der Waals surface area contributed by atoms with Crippen LogP contribution in [-0.4, -0.2) is 11.2 Å². The van der Waals surface area contributed by atoms with Gasteiger partial charge in [-0.1, -0.05) is 37.3 Å². The van der Waals surface area contributed by atoms with Crippen molar-refractivity contribution in [1.29, 1.82) is 0 Å². The summed E-state index contributed by atoms with van der Waals surface area (Å²) in [6.07, 6.45) is 0.195. The predicted molar refractivity (Wildman–Crippen MR) is 48.2 cm³/mol. The molecule has 0 aliphatic rings. The van der Waals surface area contributed by atoms with E-state index in [1.807, 2.05) is 37.3 Å². The quantitative estimate of drug-likeness (QED) is 0.573. The summed E-state index contributed by atoms with van der Waals surface area (Å²) >= 11 is 0. The Morgan fingerprint density at radius 3 is 2.62 bits per heavy atom. The van der Waals surface area contributed by atoms with Crippen LogP contribution in [0.3, 0.4) is 0 Å². The summed E-state index contributed by atoms with van der Waals surface area (Å²) < 4.78 is 0. The summed E-state index contributed by atoms with van der Waals surface area (Å²) in [6.45, 7) is 1.91. The first-order chi connectivity index (χ1) is 6.24. The molecule has 1 aromatic rings. The standard InChI is InChI=1S/C10H12O3/c1-8(7-10(11)13-12)9-5-3-2-4-6-9/h2-6,8,12H,7H2,1H3/t8-/m0/s1. The van der Waals surface area contributed by atoms with Crippen LogP contribution in [0.15, 0.2) is 30.3 Å². The van der Waals surface area contributed by atoms with Crippen LogP contribution in [0.25, 0.3) is 0 Å². The van der Waals surface area contributed by atoms with E-state index >= 15 is 0 Å². The summed E-state index contributed by atoms with van der Waals surface area (Å²) in [7, 11) is 0.